The molecule has 0 nitrogen and oxygen atoms in total. The molecule has 0 heteroatoms. The summed E-state index contributed by atoms with van der Waals surface area (Å²) in [5, 5.41) is 0. The predicted molar refractivity (Wildman–Crippen MR) is 113 cm³/mol. The third-order valence-electron chi connectivity index (χ3n) is 6.67. The molecule has 4 rings (SSSR count). The van der Waals surface area contributed by atoms with Crippen molar-refractivity contribution in [3.05, 3.63) is 83.9 Å². The van der Waals surface area contributed by atoms with Gasteiger partial charge in [-0.15, -0.1) is 0 Å². The Balaban J connectivity index is 1.86. The number of hydrogen-bond donors (Lipinski definition) is 0. The summed E-state index contributed by atoms with van der Waals surface area (Å²) in [6.07, 6.45) is 9.02. The molecular weight excluding hydrogens is 312 g/mol. The van der Waals surface area contributed by atoms with Crippen LogP contribution in [0.5, 0.6) is 0 Å². The number of unbranched alkanes of at least 4 members (excludes halogenated alkanes) is 1. The van der Waals surface area contributed by atoms with Crippen LogP contribution in [0.25, 0.3) is 11.1 Å². The Morgan fingerprint density at radius 3 is 2.42 bits per heavy atom. The average Bonchev–Trinajstić information content (AvgIpc) is 3.23. The van der Waals surface area contributed by atoms with E-state index >= 15 is 0 Å². The second kappa shape index (κ2) is 7.27. The molecule has 2 aliphatic rings. The Morgan fingerprint density at radius 2 is 1.73 bits per heavy atom. The van der Waals surface area contributed by atoms with Gasteiger partial charge in [-0.3, -0.25) is 0 Å². The van der Waals surface area contributed by atoms with Crippen LogP contribution in [0.3, 0.4) is 0 Å². The van der Waals surface area contributed by atoms with Crippen LogP contribution in [0.1, 0.15) is 63.0 Å². The minimum atomic E-state index is 0.145. The van der Waals surface area contributed by atoms with Crippen LogP contribution in [0.15, 0.2) is 72.8 Å². The fourth-order valence-electron chi connectivity index (χ4n) is 5.53. The highest BCUT2D eigenvalue weighted by Crippen LogP contribution is 2.66. The lowest BCUT2D eigenvalue weighted by Gasteiger charge is -2.36. The summed E-state index contributed by atoms with van der Waals surface area (Å²) in [6.45, 7) is 7.00. The van der Waals surface area contributed by atoms with E-state index in [1.165, 1.54) is 61.6 Å². The van der Waals surface area contributed by atoms with E-state index in [4.69, 9.17) is 6.58 Å². The van der Waals surface area contributed by atoms with Gasteiger partial charge in [0.15, 0.2) is 0 Å². The van der Waals surface area contributed by atoms with Gasteiger partial charge in [0.1, 0.15) is 0 Å². The minimum absolute atomic E-state index is 0.145. The number of benzene rings is 2. The van der Waals surface area contributed by atoms with Gasteiger partial charge in [-0.1, -0.05) is 92.6 Å². The van der Waals surface area contributed by atoms with Gasteiger partial charge in [0.2, 0.25) is 0 Å². The van der Waals surface area contributed by atoms with E-state index in [-0.39, 0.29) is 5.41 Å². The molecule has 2 atom stereocenters. The van der Waals surface area contributed by atoms with Crippen molar-refractivity contribution in [2.24, 2.45) is 11.3 Å². The fourth-order valence-corrected chi connectivity index (χ4v) is 5.53. The van der Waals surface area contributed by atoms with Crippen LogP contribution < -0.4 is 0 Å². The van der Waals surface area contributed by atoms with E-state index in [0.717, 1.165) is 5.92 Å². The van der Waals surface area contributed by atoms with Crippen LogP contribution in [0.2, 0.25) is 0 Å². The second-order valence-corrected chi connectivity index (χ2v) is 8.06. The first-order chi connectivity index (χ1) is 12.8. The van der Waals surface area contributed by atoms with Crippen molar-refractivity contribution in [3.63, 3.8) is 0 Å². The average molecular weight is 343 g/mol. The lowest BCUT2D eigenvalue weighted by atomic mass is 9.66. The third kappa shape index (κ3) is 2.76. The molecule has 2 aromatic rings. The first kappa shape index (κ1) is 17.3. The zero-order valence-corrected chi connectivity index (χ0v) is 16.0. The van der Waals surface area contributed by atoms with Crippen molar-refractivity contribution < 1.29 is 0 Å². The van der Waals surface area contributed by atoms with E-state index in [2.05, 4.69) is 67.6 Å². The van der Waals surface area contributed by atoms with E-state index in [1.807, 2.05) is 0 Å². The molecule has 0 saturated heterocycles. The highest BCUT2D eigenvalue weighted by atomic mass is 14.6. The lowest BCUT2D eigenvalue weighted by Crippen LogP contribution is -2.24. The Morgan fingerprint density at radius 1 is 1.04 bits per heavy atom. The van der Waals surface area contributed by atoms with Gasteiger partial charge in [0.25, 0.3) is 0 Å². The van der Waals surface area contributed by atoms with E-state index < -0.39 is 0 Å². The van der Waals surface area contributed by atoms with Crippen molar-refractivity contribution in [2.75, 3.05) is 0 Å². The van der Waals surface area contributed by atoms with Gasteiger partial charge < -0.3 is 0 Å². The molecule has 2 aromatic carbocycles. The lowest BCUT2D eigenvalue weighted by molar-refractivity contribution is 0.407. The summed E-state index contributed by atoms with van der Waals surface area (Å²) in [4.78, 5) is 0. The largest absolute Gasteiger partial charge is 0.0943 e. The second-order valence-electron chi connectivity index (χ2n) is 8.06. The van der Waals surface area contributed by atoms with Gasteiger partial charge in [0, 0.05) is 5.41 Å². The normalized spacial score (nSPS) is 24.7. The zero-order valence-electron chi connectivity index (χ0n) is 16.0. The SMILES string of the molecule is C=C(c1ccccc1)[C@@]12CCC[C@@H]1CC(CCCC)=C2c1ccccc1. The standard InChI is InChI=1S/C26H30/c1-3-4-12-23-19-24-17-11-18-26(24,20(2)21-13-7-5-8-14-21)25(23)22-15-9-6-10-16-22/h5-10,13-16,24H,2-4,11-12,17-19H2,1H3/t24-,26+/m1/s1. The molecular formula is C26H30. The summed E-state index contributed by atoms with van der Waals surface area (Å²) in [7, 11) is 0. The summed E-state index contributed by atoms with van der Waals surface area (Å²) >= 11 is 0. The number of hydrogen-bond acceptors (Lipinski definition) is 0. The molecule has 0 unspecified atom stereocenters. The molecule has 2 aliphatic carbocycles. The zero-order chi connectivity index (χ0) is 18.0. The van der Waals surface area contributed by atoms with Crippen LogP contribution in [-0.2, 0) is 0 Å². The molecule has 0 aliphatic heterocycles. The molecule has 134 valence electrons. The molecule has 26 heavy (non-hydrogen) atoms. The molecule has 0 radical (unpaired) electrons. The highest BCUT2D eigenvalue weighted by Gasteiger charge is 2.52. The summed E-state index contributed by atoms with van der Waals surface area (Å²) in [5.41, 5.74) is 7.59. The van der Waals surface area contributed by atoms with Crippen molar-refractivity contribution >= 4 is 11.1 Å². The van der Waals surface area contributed by atoms with E-state index in [9.17, 15) is 0 Å². The van der Waals surface area contributed by atoms with Gasteiger partial charge >= 0.3 is 0 Å². The Bertz CT molecular complexity index is 796. The maximum Gasteiger partial charge on any atom is 0.0239 e. The van der Waals surface area contributed by atoms with Crippen LogP contribution in [-0.4, -0.2) is 0 Å². The minimum Gasteiger partial charge on any atom is -0.0943 e. The summed E-state index contributed by atoms with van der Waals surface area (Å²) in [6, 6.07) is 22.1. The van der Waals surface area contributed by atoms with Crippen molar-refractivity contribution in [1.29, 1.82) is 0 Å². The predicted octanol–water partition coefficient (Wildman–Crippen LogP) is 7.53. The van der Waals surface area contributed by atoms with Crippen molar-refractivity contribution in [1.82, 2.24) is 0 Å². The van der Waals surface area contributed by atoms with Gasteiger partial charge in [-0.25, -0.2) is 0 Å². The number of allylic oxidation sites excluding steroid dienone is 3. The first-order valence-corrected chi connectivity index (χ1v) is 10.3. The maximum absolute atomic E-state index is 4.70. The number of rotatable bonds is 6. The molecule has 0 aromatic heterocycles. The molecule has 0 amide bonds. The van der Waals surface area contributed by atoms with E-state index in [0.29, 0.717) is 0 Å². The van der Waals surface area contributed by atoms with E-state index in [1.54, 1.807) is 11.1 Å². The topological polar surface area (TPSA) is 0 Å². The monoisotopic (exact) mass is 342 g/mol. The first-order valence-electron chi connectivity index (χ1n) is 10.3. The molecule has 0 N–H and O–H groups in total. The van der Waals surface area contributed by atoms with Gasteiger partial charge in [-0.2, -0.15) is 0 Å². The molecule has 1 saturated carbocycles. The van der Waals surface area contributed by atoms with Gasteiger partial charge in [-0.05, 0) is 60.3 Å². The summed E-state index contributed by atoms with van der Waals surface area (Å²) in [5.74, 6) is 0.734. The summed E-state index contributed by atoms with van der Waals surface area (Å²) < 4.78 is 0. The van der Waals surface area contributed by atoms with Crippen LogP contribution in [0.4, 0.5) is 0 Å². The number of fused-ring (bicyclic) bond motifs is 1. The van der Waals surface area contributed by atoms with Crippen LogP contribution >= 0.6 is 0 Å². The Hall–Kier alpha value is -2.08. The quantitative estimate of drug-likeness (QED) is 0.509. The van der Waals surface area contributed by atoms with Gasteiger partial charge in [0.05, 0.1) is 0 Å². The molecule has 0 bridgehead atoms. The van der Waals surface area contributed by atoms with Crippen molar-refractivity contribution in [2.45, 2.75) is 51.9 Å². The molecule has 1 fully saturated rings. The maximum atomic E-state index is 4.70. The van der Waals surface area contributed by atoms with Crippen molar-refractivity contribution in [3.8, 4) is 0 Å². The third-order valence-corrected chi connectivity index (χ3v) is 6.67. The fraction of sp³-hybridized carbons (Fsp3) is 0.385. The highest BCUT2D eigenvalue weighted by molar-refractivity contribution is 5.90. The molecule has 0 spiro atoms. The Kier molecular flexibility index (Phi) is 4.85. The smallest absolute Gasteiger partial charge is 0.0239 e. The van der Waals surface area contributed by atoms with Crippen LogP contribution in [0, 0.1) is 11.3 Å². The Labute approximate surface area is 158 Å². The molecule has 0 heterocycles.